The number of hydrogen-bond acceptors (Lipinski definition) is 1. The van der Waals surface area contributed by atoms with Crippen LogP contribution in [0.4, 0.5) is 8.78 Å². The average Bonchev–Trinajstić information content (AvgIpc) is 2.35. The minimum absolute atomic E-state index is 0.0190. The van der Waals surface area contributed by atoms with Crippen molar-refractivity contribution in [1.82, 2.24) is 0 Å². The normalized spacial score (nSPS) is 10.4. The molecule has 0 bridgehead atoms. The van der Waals surface area contributed by atoms with E-state index in [0.29, 0.717) is 17.5 Å². The van der Waals surface area contributed by atoms with Crippen LogP contribution in [-0.2, 0) is 11.2 Å². The van der Waals surface area contributed by atoms with Crippen LogP contribution in [0.3, 0.4) is 0 Å². The first-order valence-corrected chi connectivity index (χ1v) is 5.82. The molecule has 0 spiro atoms. The molecule has 4 heteroatoms. The zero-order valence-electron chi connectivity index (χ0n) is 10.1. The van der Waals surface area contributed by atoms with E-state index in [1.165, 1.54) is 12.1 Å². The maximum absolute atomic E-state index is 13.2. The monoisotopic (exact) mass is 262 g/mol. The van der Waals surface area contributed by atoms with E-state index < -0.39 is 17.6 Å². The van der Waals surface area contributed by atoms with Gasteiger partial charge >= 0.3 is 5.97 Å². The highest BCUT2D eigenvalue weighted by Crippen LogP contribution is 2.26. The van der Waals surface area contributed by atoms with Crippen molar-refractivity contribution >= 4 is 5.97 Å². The van der Waals surface area contributed by atoms with Crippen LogP contribution >= 0.6 is 0 Å². The fraction of sp³-hybridized carbons (Fsp3) is 0.133. The molecule has 0 aliphatic rings. The van der Waals surface area contributed by atoms with E-state index in [-0.39, 0.29) is 6.42 Å². The minimum atomic E-state index is -0.903. The van der Waals surface area contributed by atoms with Gasteiger partial charge in [-0.2, -0.15) is 0 Å². The lowest BCUT2D eigenvalue weighted by atomic mass is 9.96. The number of aryl methyl sites for hydroxylation is 1. The first-order valence-electron chi connectivity index (χ1n) is 5.82. The van der Waals surface area contributed by atoms with Crippen LogP contribution in [0.2, 0.25) is 0 Å². The Kier molecular flexibility index (Phi) is 3.90. The third kappa shape index (κ3) is 3.37. The summed E-state index contributed by atoms with van der Waals surface area (Å²) in [6, 6.07) is 10.3. The van der Waals surface area contributed by atoms with Gasteiger partial charge in [-0.3, -0.25) is 4.79 Å². The lowest BCUT2D eigenvalue weighted by molar-refractivity contribution is -0.136. The lowest BCUT2D eigenvalue weighted by Gasteiger charge is -2.09. The van der Waals surface area contributed by atoms with Crippen LogP contribution in [0.5, 0.6) is 0 Å². The van der Waals surface area contributed by atoms with E-state index >= 15 is 0 Å². The first-order chi connectivity index (χ1) is 9.06. The smallest absolute Gasteiger partial charge is 0.303 e. The van der Waals surface area contributed by atoms with Crippen LogP contribution in [0.25, 0.3) is 11.1 Å². The molecule has 0 fully saturated rings. The van der Waals surface area contributed by atoms with Gasteiger partial charge in [0.2, 0.25) is 0 Å². The van der Waals surface area contributed by atoms with Crippen LogP contribution in [-0.4, -0.2) is 11.1 Å². The molecule has 19 heavy (non-hydrogen) atoms. The van der Waals surface area contributed by atoms with E-state index in [0.717, 1.165) is 11.6 Å². The quantitative estimate of drug-likeness (QED) is 0.913. The average molecular weight is 262 g/mol. The summed E-state index contributed by atoms with van der Waals surface area (Å²) in [4.78, 5) is 10.6. The Balaban J connectivity index is 2.40. The third-order valence-corrected chi connectivity index (χ3v) is 2.80. The van der Waals surface area contributed by atoms with Gasteiger partial charge in [0, 0.05) is 12.5 Å². The van der Waals surface area contributed by atoms with Gasteiger partial charge in [0.1, 0.15) is 11.6 Å². The molecule has 0 aliphatic carbocycles. The maximum Gasteiger partial charge on any atom is 0.303 e. The van der Waals surface area contributed by atoms with Crippen LogP contribution in [0.15, 0.2) is 42.5 Å². The molecule has 0 saturated heterocycles. The molecular formula is C15H12F2O2. The predicted octanol–water partition coefficient (Wildman–Crippen LogP) is 3.65. The summed E-state index contributed by atoms with van der Waals surface area (Å²) in [6.45, 7) is 0. The van der Waals surface area contributed by atoms with Crippen molar-refractivity contribution in [2.75, 3.05) is 0 Å². The highest BCUT2D eigenvalue weighted by molar-refractivity contribution is 5.70. The summed E-state index contributed by atoms with van der Waals surface area (Å²) < 4.78 is 26.5. The Hall–Kier alpha value is -2.23. The second kappa shape index (κ2) is 5.61. The second-order valence-corrected chi connectivity index (χ2v) is 4.21. The summed E-state index contributed by atoms with van der Waals surface area (Å²) in [5.41, 5.74) is 1.83. The summed E-state index contributed by atoms with van der Waals surface area (Å²) in [5.74, 6) is -2.20. The Labute approximate surface area is 109 Å². The topological polar surface area (TPSA) is 37.3 Å². The van der Waals surface area contributed by atoms with Gasteiger partial charge in [-0.05, 0) is 35.2 Å². The molecule has 2 aromatic rings. The number of carbonyl (C=O) groups is 1. The Morgan fingerprint density at radius 1 is 1.05 bits per heavy atom. The molecule has 2 aromatic carbocycles. The minimum Gasteiger partial charge on any atom is -0.481 e. The molecule has 0 saturated carbocycles. The van der Waals surface area contributed by atoms with Gasteiger partial charge in [0.25, 0.3) is 0 Å². The molecule has 0 amide bonds. The Morgan fingerprint density at radius 2 is 1.68 bits per heavy atom. The predicted molar refractivity (Wildman–Crippen MR) is 67.8 cm³/mol. The Morgan fingerprint density at radius 3 is 2.32 bits per heavy atom. The molecule has 0 radical (unpaired) electrons. The molecule has 0 heterocycles. The summed E-state index contributed by atoms with van der Waals surface area (Å²) in [7, 11) is 0. The number of rotatable bonds is 4. The maximum atomic E-state index is 13.2. The molecule has 0 aromatic heterocycles. The third-order valence-electron chi connectivity index (χ3n) is 2.80. The van der Waals surface area contributed by atoms with Gasteiger partial charge < -0.3 is 5.11 Å². The van der Waals surface area contributed by atoms with Gasteiger partial charge in [-0.1, -0.05) is 24.3 Å². The van der Waals surface area contributed by atoms with Gasteiger partial charge in [-0.15, -0.1) is 0 Å². The number of benzene rings is 2. The van der Waals surface area contributed by atoms with Crippen molar-refractivity contribution in [3.63, 3.8) is 0 Å². The molecule has 0 unspecified atom stereocenters. The zero-order chi connectivity index (χ0) is 13.8. The van der Waals surface area contributed by atoms with Crippen molar-refractivity contribution in [3.8, 4) is 11.1 Å². The number of carboxylic acids is 1. The molecular weight excluding hydrogens is 250 g/mol. The zero-order valence-corrected chi connectivity index (χ0v) is 10.1. The number of halogens is 2. The van der Waals surface area contributed by atoms with Crippen molar-refractivity contribution < 1.29 is 18.7 Å². The number of hydrogen-bond donors (Lipinski definition) is 1. The van der Waals surface area contributed by atoms with Crippen LogP contribution < -0.4 is 0 Å². The second-order valence-electron chi connectivity index (χ2n) is 4.21. The van der Waals surface area contributed by atoms with Gasteiger partial charge in [0.15, 0.2) is 0 Å². The van der Waals surface area contributed by atoms with Crippen molar-refractivity contribution in [3.05, 3.63) is 59.7 Å². The summed E-state index contributed by atoms with van der Waals surface area (Å²) >= 11 is 0. The molecule has 2 nitrogen and oxygen atoms in total. The first kappa shape index (κ1) is 13.2. The van der Waals surface area contributed by atoms with Crippen LogP contribution in [0, 0.1) is 11.6 Å². The largest absolute Gasteiger partial charge is 0.481 e. The van der Waals surface area contributed by atoms with Crippen molar-refractivity contribution in [1.29, 1.82) is 0 Å². The van der Waals surface area contributed by atoms with E-state index in [4.69, 9.17) is 5.11 Å². The summed E-state index contributed by atoms with van der Waals surface area (Å²) in [5, 5.41) is 8.70. The molecule has 98 valence electrons. The fourth-order valence-corrected chi connectivity index (χ4v) is 1.97. The standard InChI is InChI=1S/C15H12F2O2/c16-12-7-11(8-13(17)9-12)14-4-2-1-3-10(14)5-6-15(18)19/h1-4,7-9H,5-6H2,(H,18,19). The van der Waals surface area contributed by atoms with E-state index in [1.807, 2.05) is 0 Å². The molecule has 0 atom stereocenters. The number of carboxylic acid groups (broad SMARTS) is 1. The van der Waals surface area contributed by atoms with E-state index in [2.05, 4.69) is 0 Å². The summed E-state index contributed by atoms with van der Waals surface area (Å²) in [6.07, 6.45) is 0.304. The van der Waals surface area contributed by atoms with E-state index in [9.17, 15) is 13.6 Å². The molecule has 1 N–H and O–H groups in total. The number of aliphatic carboxylic acids is 1. The fourth-order valence-electron chi connectivity index (χ4n) is 1.97. The van der Waals surface area contributed by atoms with Crippen molar-refractivity contribution in [2.24, 2.45) is 0 Å². The van der Waals surface area contributed by atoms with Gasteiger partial charge in [-0.25, -0.2) is 8.78 Å². The highest BCUT2D eigenvalue weighted by Gasteiger charge is 2.09. The van der Waals surface area contributed by atoms with Crippen molar-refractivity contribution in [2.45, 2.75) is 12.8 Å². The van der Waals surface area contributed by atoms with E-state index in [1.54, 1.807) is 24.3 Å². The SMILES string of the molecule is O=C(O)CCc1ccccc1-c1cc(F)cc(F)c1. The lowest BCUT2D eigenvalue weighted by Crippen LogP contribution is -1.99. The molecule has 2 rings (SSSR count). The van der Waals surface area contributed by atoms with Gasteiger partial charge in [0.05, 0.1) is 0 Å². The molecule has 0 aliphatic heterocycles. The Bertz CT molecular complexity index is 589. The highest BCUT2D eigenvalue weighted by atomic mass is 19.1. The van der Waals surface area contributed by atoms with Crippen LogP contribution in [0.1, 0.15) is 12.0 Å².